The van der Waals surface area contributed by atoms with Crippen molar-refractivity contribution < 1.29 is 4.79 Å². The minimum absolute atomic E-state index is 0.00674. The van der Waals surface area contributed by atoms with Crippen LogP contribution in [0.15, 0.2) is 24.5 Å². The lowest BCUT2D eigenvalue weighted by molar-refractivity contribution is 0.0950. The van der Waals surface area contributed by atoms with Crippen molar-refractivity contribution in [1.29, 1.82) is 0 Å². The van der Waals surface area contributed by atoms with Gasteiger partial charge < -0.3 is 10.2 Å². The molecule has 1 saturated carbocycles. The van der Waals surface area contributed by atoms with Gasteiger partial charge in [0.1, 0.15) is 0 Å². The number of rotatable bonds is 6. The molecule has 0 unspecified atom stereocenters. The van der Waals surface area contributed by atoms with Crippen molar-refractivity contribution in [3.05, 3.63) is 30.1 Å². The van der Waals surface area contributed by atoms with E-state index in [-0.39, 0.29) is 5.91 Å². The quantitative estimate of drug-likeness (QED) is 0.811. The van der Waals surface area contributed by atoms with Gasteiger partial charge in [-0.1, -0.05) is 19.3 Å². The molecule has 0 aromatic carbocycles. The van der Waals surface area contributed by atoms with E-state index < -0.39 is 0 Å². The number of carbonyl (C=O) groups is 1. The minimum Gasteiger partial charge on any atom is -0.352 e. The Morgan fingerprint density at radius 1 is 1.30 bits per heavy atom. The Balaban J connectivity index is 1.62. The fraction of sp³-hybridized carbons (Fsp3) is 0.625. The van der Waals surface area contributed by atoms with E-state index in [1.807, 2.05) is 0 Å². The van der Waals surface area contributed by atoms with Gasteiger partial charge in [0.25, 0.3) is 5.91 Å². The molecule has 0 atom stereocenters. The molecule has 1 N–H and O–H groups in total. The summed E-state index contributed by atoms with van der Waals surface area (Å²) >= 11 is 0. The Labute approximate surface area is 121 Å². The smallest absolute Gasteiger partial charge is 0.251 e. The highest BCUT2D eigenvalue weighted by Crippen LogP contribution is 2.21. The average molecular weight is 275 g/mol. The van der Waals surface area contributed by atoms with Gasteiger partial charge in [0, 0.05) is 30.5 Å². The van der Waals surface area contributed by atoms with Crippen LogP contribution in [0.5, 0.6) is 0 Å². The SMILES string of the molecule is CN(CCCNC(=O)c1ccncc1)C1CCCCC1. The highest BCUT2D eigenvalue weighted by molar-refractivity contribution is 5.93. The molecule has 0 bridgehead atoms. The number of hydrogen-bond donors (Lipinski definition) is 1. The third-order valence-electron chi connectivity index (χ3n) is 4.11. The topological polar surface area (TPSA) is 45.2 Å². The van der Waals surface area contributed by atoms with E-state index in [9.17, 15) is 4.79 Å². The number of aromatic nitrogens is 1. The Hall–Kier alpha value is -1.42. The molecule has 1 aromatic heterocycles. The molecular formula is C16H25N3O. The zero-order chi connectivity index (χ0) is 14.2. The van der Waals surface area contributed by atoms with E-state index in [2.05, 4.69) is 22.2 Å². The summed E-state index contributed by atoms with van der Waals surface area (Å²) in [4.78, 5) is 18.2. The second kappa shape index (κ2) is 8.00. The summed E-state index contributed by atoms with van der Waals surface area (Å²) in [5.41, 5.74) is 0.681. The van der Waals surface area contributed by atoms with Crippen LogP contribution in [-0.4, -0.2) is 42.0 Å². The van der Waals surface area contributed by atoms with Crippen LogP contribution < -0.4 is 5.32 Å². The summed E-state index contributed by atoms with van der Waals surface area (Å²) in [7, 11) is 2.21. The first kappa shape index (κ1) is 15.0. The first-order chi connectivity index (χ1) is 9.77. The second-order valence-corrected chi connectivity index (χ2v) is 5.62. The lowest BCUT2D eigenvalue weighted by Gasteiger charge is -2.31. The molecule has 0 spiro atoms. The van der Waals surface area contributed by atoms with Crippen LogP contribution in [0.2, 0.25) is 0 Å². The van der Waals surface area contributed by atoms with Gasteiger partial charge in [0.15, 0.2) is 0 Å². The van der Waals surface area contributed by atoms with Crippen LogP contribution >= 0.6 is 0 Å². The van der Waals surface area contributed by atoms with E-state index in [0.717, 1.165) is 25.6 Å². The molecule has 1 aliphatic carbocycles. The largest absolute Gasteiger partial charge is 0.352 e. The molecule has 0 aliphatic heterocycles. The number of hydrogen-bond acceptors (Lipinski definition) is 3. The molecule has 4 heteroatoms. The number of carbonyl (C=O) groups excluding carboxylic acids is 1. The molecule has 0 radical (unpaired) electrons. The standard InChI is InChI=1S/C16H25N3O/c1-19(15-6-3-2-4-7-15)13-5-10-18-16(20)14-8-11-17-12-9-14/h8-9,11-12,15H,2-7,10,13H2,1H3,(H,18,20). The van der Waals surface area contributed by atoms with Gasteiger partial charge in [-0.15, -0.1) is 0 Å². The van der Waals surface area contributed by atoms with Crippen molar-refractivity contribution in [2.24, 2.45) is 0 Å². The van der Waals surface area contributed by atoms with Crippen LogP contribution in [-0.2, 0) is 0 Å². The highest BCUT2D eigenvalue weighted by Gasteiger charge is 2.17. The maximum Gasteiger partial charge on any atom is 0.251 e. The monoisotopic (exact) mass is 275 g/mol. The normalized spacial score (nSPS) is 16.3. The molecule has 2 rings (SSSR count). The van der Waals surface area contributed by atoms with Gasteiger partial charge in [-0.3, -0.25) is 9.78 Å². The van der Waals surface area contributed by atoms with Crippen molar-refractivity contribution in [2.45, 2.75) is 44.6 Å². The summed E-state index contributed by atoms with van der Waals surface area (Å²) in [6.07, 6.45) is 11.1. The maximum atomic E-state index is 11.8. The third-order valence-corrected chi connectivity index (χ3v) is 4.11. The number of pyridine rings is 1. The molecule has 1 aliphatic rings. The molecule has 1 fully saturated rings. The van der Waals surface area contributed by atoms with Gasteiger partial charge in [0.2, 0.25) is 0 Å². The first-order valence-corrected chi connectivity index (χ1v) is 7.66. The molecule has 1 amide bonds. The van der Waals surface area contributed by atoms with Crippen molar-refractivity contribution in [1.82, 2.24) is 15.2 Å². The zero-order valence-corrected chi connectivity index (χ0v) is 12.3. The summed E-state index contributed by atoms with van der Waals surface area (Å²) in [5, 5.41) is 2.96. The summed E-state index contributed by atoms with van der Waals surface area (Å²) in [5.74, 6) is -0.00674. The Bertz CT molecular complexity index is 401. The molecular weight excluding hydrogens is 250 g/mol. The predicted octanol–water partition coefficient (Wildman–Crippen LogP) is 2.47. The van der Waals surface area contributed by atoms with E-state index >= 15 is 0 Å². The van der Waals surface area contributed by atoms with Gasteiger partial charge in [0.05, 0.1) is 0 Å². The summed E-state index contributed by atoms with van der Waals surface area (Å²) in [6.45, 7) is 1.79. The van der Waals surface area contributed by atoms with Crippen LogP contribution in [0.3, 0.4) is 0 Å². The van der Waals surface area contributed by atoms with Gasteiger partial charge in [-0.2, -0.15) is 0 Å². The highest BCUT2D eigenvalue weighted by atomic mass is 16.1. The van der Waals surface area contributed by atoms with Crippen molar-refractivity contribution in [2.75, 3.05) is 20.1 Å². The van der Waals surface area contributed by atoms with Crippen LogP contribution in [0, 0.1) is 0 Å². The van der Waals surface area contributed by atoms with Crippen molar-refractivity contribution >= 4 is 5.91 Å². The van der Waals surface area contributed by atoms with Gasteiger partial charge in [-0.05, 0) is 45.0 Å². The lowest BCUT2D eigenvalue weighted by Crippen LogP contribution is -2.35. The van der Waals surface area contributed by atoms with Gasteiger partial charge in [-0.25, -0.2) is 0 Å². The third kappa shape index (κ3) is 4.60. The Morgan fingerprint density at radius 2 is 2.00 bits per heavy atom. The van der Waals surface area contributed by atoms with E-state index in [0.29, 0.717) is 5.56 Å². The van der Waals surface area contributed by atoms with Crippen LogP contribution in [0.4, 0.5) is 0 Å². The summed E-state index contributed by atoms with van der Waals surface area (Å²) in [6, 6.07) is 4.23. The molecule has 4 nitrogen and oxygen atoms in total. The van der Waals surface area contributed by atoms with Crippen molar-refractivity contribution in [3.63, 3.8) is 0 Å². The number of nitrogens with one attached hydrogen (secondary N) is 1. The zero-order valence-electron chi connectivity index (χ0n) is 12.3. The number of nitrogens with zero attached hydrogens (tertiary/aromatic N) is 2. The van der Waals surface area contributed by atoms with Crippen molar-refractivity contribution in [3.8, 4) is 0 Å². The van der Waals surface area contributed by atoms with Gasteiger partial charge >= 0.3 is 0 Å². The van der Waals surface area contributed by atoms with Crippen LogP contribution in [0.1, 0.15) is 48.9 Å². The average Bonchev–Trinajstić information content (AvgIpc) is 2.53. The number of amides is 1. The lowest BCUT2D eigenvalue weighted by atomic mass is 9.94. The minimum atomic E-state index is -0.00674. The summed E-state index contributed by atoms with van der Waals surface area (Å²) < 4.78 is 0. The first-order valence-electron chi connectivity index (χ1n) is 7.66. The van der Waals surface area contributed by atoms with E-state index in [1.165, 1.54) is 32.1 Å². The maximum absolute atomic E-state index is 11.8. The predicted molar refractivity (Wildman–Crippen MR) is 80.7 cm³/mol. The molecule has 1 aromatic rings. The Morgan fingerprint density at radius 3 is 2.70 bits per heavy atom. The molecule has 110 valence electrons. The molecule has 20 heavy (non-hydrogen) atoms. The molecule has 1 heterocycles. The second-order valence-electron chi connectivity index (χ2n) is 5.62. The fourth-order valence-electron chi connectivity index (χ4n) is 2.84. The molecule has 0 saturated heterocycles. The fourth-order valence-corrected chi connectivity index (χ4v) is 2.84. The van der Waals surface area contributed by atoms with E-state index in [4.69, 9.17) is 0 Å². The van der Waals surface area contributed by atoms with E-state index in [1.54, 1.807) is 24.5 Å². The van der Waals surface area contributed by atoms with Crippen LogP contribution in [0.25, 0.3) is 0 Å². The Kier molecular flexibility index (Phi) is 5.99.